The molecular formula is C17H21N3O5S2. The molecule has 2 aromatic carbocycles. The molecule has 8 nitrogen and oxygen atoms in total. The summed E-state index contributed by atoms with van der Waals surface area (Å²) in [5, 5.41) is 2.66. The highest BCUT2D eigenvalue weighted by atomic mass is 32.2. The van der Waals surface area contributed by atoms with Crippen molar-refractivity contribution in [1.29, 1.82) is 0 Å². The van der Waals surface area contributed by atoms with Crippen molar-refractivity contribution in [3.63, 3.8) is 0 Å². The minimum atomic E-state index is -3.65. The first-order chi connectivity index (χ1) is 12.6. The van der Waals surface area contributed by atoms with Crippen molar-refractivity contribution >= 4 is 37.3 Å². The number of amides is 1. The minimum Gasteiger partial charge on any atom is -0.322 e. The van der Waals surface area contributed by atoms with Gasteiger partial charge in [-0.3, -0.25) is 9.52 Å². The molecule has 0 saturated carbocycles. The van der Waals surface area contributed by atoms with Gasteiger partial charge in [-0.05, 0) is 56.8 Å². The van der Waals surface area contributed by atoms with E-state index in [1.807, 2.05) is 0 Å². The maximum atomic E-state index is 12.5. The summed E-state index contributed by atoms with van der Waals surface area (Å²) in [5.41, 5.74) is 1.53. The summed E-state index contributed by atoms with van der Waals surface area (Å²) in [5.74, 6) is -0.579. The number of carbonyl (C=O) groups is 1. The lowest BCUT2D eigenvalue weighted by molar-refractivity contribution is 0.102. The van der Waals surface area contributed by atoms with Crippen LogP contribution >= 0.6 is 0 Å². The minimum absolute atomic E-state index is 0.0235. The van der Waals surface area contributed by atoms with Gasteiger partial charge in [0.05, 0.1) is 10.6 Å². The Bertz CT molecular complexity index is 1060. The monoisotopic (exact) mass is 411 g/mol. The lowest BCUT2D eigenvalue weighted by Gasteiger charge is -2.12. The van der Waals surface area contributed by atoms with Crippen molar-refractivity contribution in [1.82, 2.24) is 4.72 Å². The third-order valence-corrected chi connectivity index (χ3v) is 6.53. The SMILES string of the molecule is CCS(=O)(=O)Nc1cccc(C(=O)Nc2cc(S(=O)(=O)NC)ccc2C)c1. The number of hydrogen-bond acceptors (Lipinski definition) is 5. The Labute approximate surface area is 159 Å². The topological polar surface area (TPSA) is 121 Å². The Kier molecular flexibility index (Phi) is 6.24. The van der Waals surface area contributed by atoms with Crippen molar-refractivity contribution in [3.8, 4) is 0 Å². The van der Waals surface area contributed by atoms with Crippen LogP contribution in [0.5, 0.6) is 0 Å². The van der Waals surface area contributed by atoms with E-state index in [4.69, 9.17) is 0 Å². The fourth-order valence-corrected chi connectivity index (χ4v) is 3.58. The molecule has 0 spiro atoms. The van der Waals surface area contributed by atoms with E-state index in [1.54, 1.807) is 19.1 Å². The van der Waals surface area contributed by atoms with Gasteiger partial charge in [-0.15, -0.1) is 0 Å². The average molecular weight is 412 g/mol. The molecule has 10 heteroatoms. The summed E-state index contributed by atoms with van der Waals surface area (Å²) in [6, 6.07) is 10.4. The quantitative estimate of drug-likeness (QED) is 0.643. The Balaban J connectivity index is 2.29. The Morgan fingerprint density at radius 2 is 1.74 bits per heavy atom. The Morgan fingerprint density at radius 1 is 1.04 bits per heavy atom. The van der Waals surface area contributed by atoms with E-state index >= 15 is 0 Å². The van der Waals surface area contributed by atoms with Crippen LogP contribution in [-0.4, -0.2) is 35.5 Å². The zero-order valence-electron chi connectivity index (χ0n) is 15.1. The van der Waals surface area contributed by atoms with Crippen molar-refractivity contribution < 1.29 is 21.6 Å². The molecule has 2 aromatic rings. The van der Waals surface area contributed by atoms with Gasteiger partial charge in [0.2, 0.25) is 20.0 Å². The summed E-state index contributed by atoms with van der Waals surface area (Å²) in [7, 11) is -5.80. The molecule has 0 fully saturated rings. The number of benzene rings is 2. The Morgan fingerprint density at radius 3 is 2.37 bits per heavy atom. The number of sulfonamides is 2. The molecule has 2 rings (SSSR count). The zero-order chi connectivity index (χ0) is 20.2. The number of carbonyl (C=O) groups excluding carboxylic acids is 1. The van der Waals surface area contributed by atoms with E-state index in [9.17, 15) is 21.6 Å². The molecule has 0 aliphatic rings. The highest BCUT2D eigenvalue weighted by Gasteiger charge is 2.15. The van der Waals surface area contributed by atoms with Gasteiger partial charge in [0, 0.05) is 16.9 Å². The molecule has 0 aliphatic carbocycles. The molecule has 146 valence electrons. The van der Waals surface area contributed by atoms with Crippen LogP contribution in [0, 0.1) is 6.92 Å². The largest absolute Gasteiger partial charge is 0.322 e. The number of rotatable bonds is 7. The van der Waals surface area contributed by atoms with Crippen molar-refractivity contribution in [2.75, 3.05) is 22.8 Å². The molecule has 27 heavy (non-hydrogen) atoms. The molecule has 0 bridgehead atoms. The molecule has 0 heterocycles. The van der Waals surface area contributed by atoms with E-state index in [0.29, 0.717) is 11.3 Å². The first kappa shape index (κ1) is 20.9. The first-order valence-electron chi connectivity index (χ1n) is 8.04. The normalized spacial score (nSPS) is 11.8. The van der Waals surface area contributed by atoms with Crippen LogP contribution in [0.4, 0.5) is 11.4 Å². The molecule has 0 radical (unpaired) electrons. The molecule has 0 aromatic heterocycles. The molecular weight excluding hydrogens is 390 g/mol. The predicted octanol–water partition coefficient (Wildman–Crippen LogP) is 1.92. The predicted molar refractivity (Wildman–Crippen MR) is 105 cm³/mol. The first-order valence-corrected chi connectivity index (χ1v) is 11.2. The number of anilines is 2. The number of aryl methyl sites for hydroxylation is 1. The van der Waals surface area contributed by atoms with Crippen molar-refractivity contribution in [2.45, 2.75) is 18.7 Å². The number of nitrogens with one attached hydrogen (secondary N) is 3. The fraction of sp³-hybridized carbons (Fsp3) is 0.235. The second-order valence-corrected chi connectivity index (χ2v) is 9.62. The second kappa shape index (κ2) is 8.07. The highest BCUT2D eigenvalue weighted by Crippen LogP contribution is 2.21. The molecule has 0 aliphatic heterocycles. The van der Waals surface area contributed by atoms with E-state index in [2.05, 4.69) is 14.8 Å². The summed E-state index contributed by atoms with van der Waals surface area (Å²) in [6.07, 6.45) is 0. The van der Waals surface area contributed by atoms with E-state index < -0.39 is 26.0 Å². The van der Waals surface area contributed by atoms with Crippen molar-refractivity contribution in [3.05, 3.63) is 53.6 Å². The van der Waals surface area contributed by atoms with E-state index in [1.165, 1.54) is 44.3 Å². The van der Waals surface area contributed by atoms with Gasteiger partial charge in [-0.25, -0.2) is 21.6 Å². The van der Waals surface area contributed by atoms with Crippen LogP contribution in [0.3, 0.4) is 0 Å². The molecule has 1 amide bonds. The maximum Gasteiger partial charge on any atom is 0.255 e. The van der Waals surface area contributed by atoms with Crippen LogP contribution in [0.1, 0.15) is 22.8 Å². The van der Waals surface area contributed by atoms with E-state index in [0.717, 1.165) is 0 Å². The fourth-order valence-electron chi connectivity index (χ4n) is 2.19. The van der Waals surface area contributed by atoms with E-state index in [-0.39, 0.29) is 21.9 Å². The third-order valence-electron chi connectivity index (χ3n) is 3.81. The van der Waals surface area contributed by atoms with Crippen LogP contribution in [0.25, 0.3) is 0 Å². The summed E-state index contributed by atoms with van der Waals surface area (Å²) in [6.45, 7) is 3.24. The maximum absolute atomic E-state index is 12.5. The average Bonchev–Trinajstić information content (AvgIpc) is 2.63. The molecule has 3 N–H and O–H groups in total. The van der Waals surface area contributed by atoms with Crippen LogP contribution in [-0.2, 0) is 20.0 Å². The van der Waals surface area contributed by atoms with Gasteiger partial charge >= 0.3 is 0 Å². The van der Waals surface area contributed by atoms with Gasteiger partial charge < -0.3 is 5.32 Å². The molecule has 0 atom stereocenters. The zero-order valence-corrected chi connectivity index (χ0v) is 16.7. The summed E-state index contributed by atoms with van der Waals surface area (Å²) in [4.78, 5) is 12.6. The standard InChI is InChI=1S/C17H21N3O5S2/c1-4-26(22,23)20-14-7-5-6-13(10-14)17(21)19-16-11-15(9-8-12(16)2)27(24,25)18-3/h5-11,18,20H,4H2,1-3H3,(H,19,21). The van der Waals surface area contributed by atoms with Gasteiger partial charge in [0.25, 0.3) is 5.91 Å². The van der Waals surface area contributed by atoms with Crippen LogP contribution in [0.2, 0.25) is 0 Å². The lowest BCUT2D eigenvalue weighted by Crippen LogP contribution is -2.19. The van der Waals surface area contributed by atoms with Crippen LogP contribution < -0.4 is 14.8 Å². The van der Waals surface area contributed by atoms with Gasteiger partial charge in [0.15, 0.2) is 0 Å². The summed E-state index contributed by atoms with van der Waals surface area (Å²) >= 11 is 0. The second-order valence-electron chi connectivity index (χ2n) is 5.72. The third kappa shape index (κ3) is 5.28. The van der Waals surface area contributed by atoms with Gasteiger partial charge in [0.1, 0.15) is 0 Å². The Hall–Kier alpha value is -2.43. The highest BCUT2D eigenvalue weighted by molar-refractivity contribution is 7.92. The number of hydrogen-bond donors (Lipinski definition) is 3. The van der Waals surface area contributed by atoms with Gasteiger partial charge in [-0.2, -0.15) is 0 Å². The van der Waals surface area contributed by atoms with Gasteiger partial charge in [-0.1, -0.05) is 12.1 Å². The van der Waals surface area contributed by atoms with Crippen molar-refractivity contribution in [2.24, 2.45) is 0 Å². The molecule has 0 unspecified atom stereocenters. The summed E-state index contributed by atoms with van der Waals surface area (Å²) < 4.78 is 51.8. The smallest absolute Gasteiger partial charge is 0.255 e. The molecule has 0 saturated heterocycles. The van der Waals surface area contributed by atoms with Crippen LogP contribution in [0.15, 0.2) is 47.4 Å². The lowest BCUT2D eigenvalue weighted by atomic mass is 10.1.